The van der Waals surface area contributed by atoms with Gasteiger partial charge in [0.1, 0.15) is 6.04 Å². The van der Waals surface area contributed by atoms with Crippen molar-refractivity contribution in [3.05, 3.63) is 64.0 Å². The molecule has 0 saturated heterocycles. The number of carbonyl (C=O) groups is 2. The van der Waals surface area contributed by atoms with Crippen LogP contribution >= 0.6 is 23.2 Å². The van der Waals surface area contributed by atoms with E-state index in [1.807, 2.05) is 6.07 Å². The molecule has 140 valence electrons. The lowest BCUT2D eigenvalue weighted by Crippen LogP contribution is -2.24. The molecule has 0 radical (unpaired) electrons. The molecule has 0 fully saturated rings. The van der Waals surface area contributed by atoms with E-state index in [1.54, 1.807) is 36.0 Å². The highest BCUT2D eigenvalue weighted by Gasteiger charge is 2.18. The number of aromatic carboxylic acids is 1. The summed E-state index contributed by atoms with van der Waals surface area (Å²) >= 11 is 12.0. The summed E-state index contributed by atoms with van der Waals surface area (Å²) in [5.41, 5.74) is 0.854. The van der Waals surface area contributed by atoms with Crippen LogP contribution in [0.25, 0.3) is 0 Å². The van der Waals surface area contributed by atoms with Gasteiger partial charge >= 0.3 is 5.97 Å². The zero-order chi connectivity index (χ0) is 19.6. The quantitative estimate of drug-likeness (QED) is 0.652. The third-order valence-electron chi connectivity index (χ3n) is 3.86. The predicted octanol–water partition coefficient (Wildman–Crippen LogP) is 3.33. The normalized spacial score (nSPS) is 12.0. The number of halogens is 2. The van der Waals surface area contributed by atoms with Crippen LogP contribution in [0.3, 0.4) is 0 Å². The molecule has 27 heavy (non-hydrogen) atoms. The van der Waals surface area contributed by atoms with Crippen molar-refractivity contribution < 1.29 is 14.7 Å². The summed E-state index contributed by atoms with van der Waals surface area (Å²) < 4.78 is 2.91. The van der Waals surface area contributed by atoms with Crippen LogP contribution in [0.2, 0.25) is 10.0 Å². The highest BCUT2D eigenvalue weighted by atomic mass is 35.5. The zero-order valence-corrected chi connectivity index (χ0v) is 15.6. The first-order valence-corrected chi connectivity index (χ1v) is 8.65. The molecule has 0 aliphatic carbocycles. The lowest BCUT2D eigenvalue weighted by Gasteiger charge is -2.11. The van der Waals surface area contributed by atoms with Crippen LogP contribution in [0, 0.1) is 0 Å². The van der Waals surface area contributed by atoms with Crippen molar-refractivity contribution >= 4 is 40.9 Å². The van der Waals surface area contributed by atoms with E-state index in [1.165, 1.54) is 17.1 Å². The average molecular weight is 408 g/mol. The van der Waals surface area contributed by atoms with E-state index < -0.39 is 12.0 Å². The zero-order valence-electron chi connectivity index (χ0n) is 14.1. The molecule has 1 amide bonds. The number of nitrogens with one attached hydrogen (secondary N) is 1. The molecule has 1 atom stereocenters. The highest BCUT2D eigenvalue weighted by Crippen LogP contribution is 2.22. The van der Waals surface area contributed by atoms with Crippen molar-refractivity contribution in [2.24, 2.45) is 0 Å². The Morgan fingerprint density at radius 1 is 1.30 bits per heavy atom. The number of benzene rings is 1. The van der Waals surface area contributed by atoms with E-state index in [0.29, 0.717) is 22.4 Å². The molecule has 0 aliphatic rings. The minimum Gasteiger partial charge on any atom is -0.478 e. The molecule has 2 heterocycles. The monoisotopic (exact) mass is 407 g/mol. The molecule has 10 heteroatoms. The van der Waals surface area contributed by atoms with Crippen molar-refractivity contribution in [3.63, 3.8) is 0 Å². The predicted molar refractivity (Wildman–Crippen MR) is 100 cm³/mol. The lowest BCUT2D eigenvalue weighted by atomic mass is 10.2. The van der Waals surface area contributed by atoms with Crippen LogP contribution in [0.1, 0.15) is 28.9 Å². The molecule has 0 aliphatic heterocycles. The van der Waals surface area contributed by atoms with Crippen LogP contribution in [-0.2, 0) is 11.3 Å². The van der Waals surface area contributed by atoms with Crippen LogP contribution < -0.4 is 5.32 Å². The van der Waals surface area contributed by atoms with E-state index in [-0.39, 0.29) is 11.5 Å². The maximum Gasteiger partial charge on any atom is 0.338 e. The van der Waals surface area contributed by atoms with E-state index in [9.17, 15) is 9.59 Å². The number of anilines is 1. The third kappa shape index (κ3) is 4.47. The maximum absolute atomic E-state index is 12.3. The summed E-state index contributed by atoms with van der Waals surface area (Å²) in [5.74, 6) is -1.11. The van der Waals surface area contributed by atoms with Crippen molar-refractivity contribution in [3.8, 4) is 0 Å². The van der Waals surface area contributed by atoms with Gasteiger partial charge in [0.25, 0.3) is 0 Å². The summed E-state index contributed by atoms with van der Waals surface area (Å²) in [7, 11) is 0. The number of amides is 1. The second-order valence-electron chi connectivity index (χ2n) is 5.81. The maximum atomic E-state index is 12.3. The Balaban J connectivity index is 1.65. The Morgan fingerprint density at radius 3 is 2.74 bits per heavy atom. The minimum atomic E-state index is -1.10. The topological polar surface area (TPSA) is 102 Å². The van der Waals surface area contributed by atoms with Crippen LogP contribution in [0.4, 0.5) is 5.82 Å². The lowest BCUT2D eigenvalue weighted by molar-refractivity contribution is -0.119. The van der Waals surface area contributed by atoms with Gasteiger partial charge in [-0.1, -0.05) is 29.3 Å². The number of carboxylic acid groups (broad SMARTS) is 1. The van der Waals surface area contributed by atoms with Crippen molar-refractivity contribution in [2.45, 2.75) is 19.5 Å². The van der Waals surface area contributed by atoms with Crippen molar-refractivity contribution in [2.75, 3.05) is 5.32 Å². The minimum absolute atomic E-state index is 0.0128. The Morgan fingerprint density at radius 2 is 2.07 bits per heavy atom. The molecule has 1 aromatic carbocycles. The molecule has 0 bridgehead atoms. The Kier molecular flexibility index (Phi) is 5.48. The molecule has 3 aromatic rings. The largest absolute Gasteiger partial charge is 0.478 e. The summed E-state index contributed by atoms with van der Waals surface area (Å²) in [6.45, 7) is 2.03. The SMILES string of the molecule is CC(C(=O)Nc1ccn(Cc2ccc(Cl)cc2Cl)n1)n1cc(C(=O)O)cn1. The smallest absolute Gasteiger partial charge is 0.338 e. The van der Waals surface area contributed by atoms with Gasteiger partial charge in [-0.05, 0) is 24.6 Å². The molecule has 0 spiro atoms. The fourth-order valence-electron chi connectivity index (χ4n) is 2.35. The molecule has 0 saturated carbocycles. The van der Waals surface area contributed by atoms with Gasteiger partial charge in [-0.25, -0.2) is 4.79 Å². The second-order valence-corrected chi connectivity index (χ2v) is 6.66. The fraction of sp³-hybridized carbons (Fsp3) is 0.176. The van der Waals surface area contributed by atoms with Crippen LogP contribution in [0.5, 0.6) is 0 Å². The van der Waals surface area contributed by atoms with Gasteiger partial charge in [-0.2, -0.15) is 10.2 Å². The number of carbonyl (C=O) groups excluding carboxylic acids is 1. The van der Waals surface area contributed by atoms with Crippen molar-refractivity contribution in [1.82, 2.24) is 19.6 Å². The van der Waals surface area contributed by atoms with Gasteiger partial charge in [0.15, 0.2) is 5.82 Å². The van der Waals surface area contributed by atoms with E-state index in [0.717, 1.165) is 5.56 Å². The molecular formula is C17H15Cl2N5O3. The molecule has 3 rings (SSSR count). The van der Waals surface area contributed by atoms with E-state index in [4.69, 9.17) is 28.3 Å². The molecule has 8 nitrogen and oxygen atoms in total. The first kappa shape index (κ1) is 18.9. The Labute approximate surface area is 164 Å². The molecule has 1 unspecified atom stereocenters. The van der Waals surface area contributed by atoms with E-state index in [2.05, 4.69) is 15.5 Å². The first-order chi connectivity index (χ1) is 12.8. The first-order valence-electron chi connectivity index (χ1n) is 7.89. The standard InChI is InChI=1S/C17H15Cl2N5O3/c1-10(24-9-12(7-20-24)17(26)27)16(25)21-15-4-5-23(22-15)8-11-2-3-13(18)6-14(11)19/h2-7,9-10H,8H2,1H3,(H,26,27)(H,21,22,25). The van der Waals surface area contributed by atoms with Gasteiger partial charge in [0.05, 0.1) is 18.3 Å². The van der Waals surface area contributed by atoms with Gasteiger partial charge in [-0.15, -0.1) is 0 Å². The Bertz CT molecular complexity index is 998. The molecular weight excluding hydrogens is 393 g/mol. The summed E-state index contributed by atoms with van der Waals surface area (Å²) in [6, 6.07) is 6.16. The number of hydrogen-bond donors (Lipinski definition) is 2. The summed E-state index contributed by atoms with van der Waals surface area (Å²) in [5, 5.41) is 20.9. The summed E-state index contributed by atoms with van der Waals surface area (Å²) in [6.07, 6.45) is 4.20. The van der Waals surface area contributed by atoms with Crippen molar-refractivity contribution in [1.29, 1.82) is 0 Å². The van der Waals surface area contributed by atoms with E-state index >= 15 is 0 Å². The number of nitrogens with zero attached hydrogens (tertiary/aromatic N) is 4. The Hall–Kier alpha value is -2.84. The third-order valence-corrected chi connectivity index (χ3v) is 4.45. The van der Waals surface area contributed by atoms with Crippen LogP contribution in [-0.4, -0.2) is 36.5 Å². The van der Waals surface area contributed by atoms with Gasteiger partial charge in [0.2, 0.25) is 5.91 Å². The molecule has 2 N–H and O–H groups in total. The average Bonchev–Trinajstić information content (AvgIpc) is 3.26. The summed E-state index contributed by atoms with van der Waals surface area (Å²) in [4.78, 5) is 23.3. The molecule has 2 aromatic heterocycles. The fourth-order valence-corrected chi connectivity index (χ4v) is 2.82. The van der Waals surface area contributed by atoms with Gasteiger partial charge < -0.3 is 10.4 Å². The number of hydrogen-bond acceptors (Lipinski definition) is 4. The second kappa shape index (κ2) is 7.81. The number of rotatable bonds is 6. The highest BCUT2D eigenvalue weighted by molar-refractivity contribution is 6.35. The van der Waals surface area contributed by atoms with Gasteiger partial charge in [0, 0.05) is 28.5 Å². The van der Waals surface area contributed by atoms with Gasteiger partial charge in [-0.3, -0.25) is 14.2 Å². The number of aromatic nitrogens is 4. The number of carboxylic acids is 1. The van der Waals surface area contributed by atoms with Crippen LogP contribution in [0.15, 0.2) is 42.9 Å².